The fourth-order valence-corrected chi connectivity index (χ4v) is 4.76. The van der Waals surface area contributed by atoms with Crippen LogP contribution in [0.5, 0.6) is 5.75 Å². The molecule has 6 nitrogen and oxygen atoms in total. The number of rotatable bonds is 10. The summed E-state index contributed by atoms with van der Waals surface area (Å²) in [5.41, 5.74) is 1.93. The number of aliphatic carboxylic acids is 1. The van der Waals surface area contributed by atoms with E-state index in [-0.39, 0.29) is 36.5 Å². The Labute approximate surface area is 203 Å². The highest BCUT2D eigenvalue weighted by Crippen LogP contribution is 2.40. The van der Waals surface area contributed by atoms with Gasteiger partial charge in [-0.15, -0.1) is 0 Å². The maximum atomic E-state index is 14.1. The first-order chi connectivity index (χ1) is 16.9. The lowest BCUT2D eigenvalue weighted by atomic mass is 9.78. The van der Waals surface area contributed by atoms with Gasteiger partial charge in [-0.25, -0.2) is 8.78 Å². The van der Waals surface area contributed by atoms with Crippen molar-refractivity contribution in [3.05, 3.63) is 47.5 Å². The molecule has 2 saturated carbocycles. The standard InChI is InChI=1S/C27H31F2NO5/c1-2-34-23-9-5-8-20(24(23)25(28)29)19-13-10-17(14-16(19)15-35-18-11-12-18)30-26(31)21-6-3-4-7-22(21)27(32)33/h5,8-10,13-14,18,21-22,25H,2-4,6-7,11-12,15H2,1H3,(H,30,31)(H,32,33)/t21-,22?/m0/s1. The molecule has 0 aliphatic heterocycles. The molecule has 2 aliphatic rings. The van der Waals surface area contributed by atoms with Gasteiger partial charge in [-0.1, -0.05) is 31.0 Å². The Bertz CT molecular complexity index is 1070. The van der Waals surface area contributed by atoms with Gasteiger partial charge in [0, 0.05) is 5.69 Å². The van der Waals surface area contributed by atoms with Crippen LogP contribution in [0.2, 0.25) is 0 Å². The van der Waals surface area contributed by atoms with Crippen LogP contribution in [-0.4, -0.2) is 29.7 Å². The largest absolute Gasteiger partial charge is 0.493 e. The molecule has 1 unspecified atom stereocenters. The number of alkyl halides is 2. The van der Waals surface area contributed by atoms with Crippen LogP contribution >= 0.6 is 0 Å². The van der Waals surface area contributed by atoms with Crippen LogP contribution in [0.15, 0.2) is 36.4 Å². The van der Waals surface area contributed by atoms with Crippen molar-refractivity contribution in [1.29, 1.82) is 0 Å². The summed E-state index contributed by atoms with van der Waals surface area (Å²) >= 11 is 0. The lowest BCUT2D eigenvalue weighted by molar-refractivity contribution is -0.147. The molecule has 0 aromatic heterocycles. The van der Waals surface area contributed by atoms with E-state index in [2.05, 4.69) is 5.32 Å². The molecule has 188 valence electrons. The highest BCUT2D eigenvalue weighted by molar-refractivity contribution is 5.95. The Morgan fingerprint density at radius 1 is 1.06 bits per heavy atom. The van der Waals surface area contributed by atoms with Crippen molar-refractivity contribution in [3.63, 3.8) is 0 Å². The summed E-state index contributed by atoms with van der Waals surface area (Å²) in [5, 5.41) is 12.4. The summed E-state index contributed by atoms with van der Waals surface area (Å²) < 4.78 is 39.6. The SMILES string of the molecule is CCOc1cccc(-c2ccc(NC(=O)[C@H]3CCCCC3C(=O)O)cc2COC2CC2)c1C(F)F. The second-order valence-corrected chi connectivity index (χ2v) is 9.16. The van der Waals surface area contributed by atoms with E-state index >= 15 is 0 Å². The van der Waals surface area contributed by atoms with E-state index in [9.17, 15) is 23.5 Å². The number of benzene rings is 2. The number of hydrogen-bond donors (Lipinski definition) is 2. The smallest absolute Gasteiger partial charge is 0.307 e. The van der Waals surface area contributed by atoms with Crippen LogP contribution in [0.4, 0.5) is 14.5 Å². The molecule has 2 N–H and O–H groups in total. The molecule has 2 aromatic rings. The molecular formula is C27H31F2NO5. The van der Waals surface area contributed by atoms with E-state index in [0.717, 1.165) is 25.7 Å². The Morgan fingerprint density at radius 2 is 1.80 bits per heavy atom. The van der Waals surface area contributed by atoms with Gasteiger partial charge in [-0.2, -0.15) is 0 Å². The predicted molar refractivity (Wildman–Crippen MR) is 128 cm³/mol. The van der Waals surface area contributed by atoms with Gasteiger partial charge in [0.15, 0.2) is 0 Å². The van der Waals surface area contributed by atoms with Gasteiger partial charge in [-0.3, -0.25) is 9.59 Å². The van der Waals surface area contributed by atoms with Gasteiger partial charge in [0.05, 0.1) is 36.7 Å². The zero-order chi connectivity index (χ0) is 24.9. The lowest BCUT2D eigenvalue weighted by Crippen LogP contribution is -2.36. The number of carbonyl (C=O) groups excluding carboxylic acids is 1. The van der Waals surface area contributed by atoms with Crippen molar-refractivity contribution in [2.24, 2.45) is 11.8 Å². The average Bonchev–Trinajstić information content (AvgIpc) is 3.67. The van der Waals surface area contributed by atoms with Gasteiger partial charge in [-0.05, 0) is 67.5 Å². The Hall–Kier alpha value is -3.00. The number of nitrogens with one attached hydrogen (secondary N) is 1. The summed E-state index contributed by atoms with van der Waals surface area (Å²) in [5.74, 6) is -2.43. The average molecular weight is 488 g/mol. The zero-order valence-corrected chi connectivity index (χ0v) is 19.8. The van der Waals surface area contributed by atoms with E-state index < -0.39 is 24.2 Å². The Morgan fingerprint density at radius 3 is 2.46 bits per heavy atom. The van der Waals surface area contributed by atoms with Crippen LogP contribution in [0.25, 0.3) is 11.1 Å². The second kappa shape index (κ2) is 11.2. The number of carbonyl (C=O) groups is 2. The minimum Gasteiger partial charge on any atom is -0.493 e. The van der Waals surface area contributed by atoms with Crippen molar-refractivity contribution < 1.29 is 33.0 Å². The third-order valence-corrected chi connectivity index (χ3v) is 6.67. The molecule has 0 spiro atoms. The van der Waals surface area contributed by atoms with E-state index in [4.69, 9.17) is 9.47 Å². The number of amides is 1. The lowest BCUT2D eigenvalue weighted by Gasteiger charge is -2.27. The molecule has 2 atom stereocenters. The van der Waals surface area contributed by atoms with Crippen molar-refractivity contribution in [1.82, 2.24) is 0 Å². The van der Waals surface area contributed by atoms with Crippen molar-refractivity contribution in [3.8, 4) is 16.9 Å². The number of anilines is 1. The molecule has 35 heavy (non-hydrogen) atoms. The third kappa shape index (κ3) is 5.99. The first-order valence-corrected chi connectivity index (χ1v) is 12.2. The number of carboxylic acid groups (broad SMARTS) is 1. The molecule has 1 amide bonds. The molecule has 0 bridgehead atoms. The highest BCUT2D eigenvalue weighted by Gasteiger charge is 2.36. The second-order valence-electron chi connectivity index (χ2n) is 9.16. The Kier molecular flexibility index (Phi) is 8.00. The quantitative estimate of drug-likeness (QED) is 0.417. The number of hydrogen-bond acceptors (Lipinski definition) is 4. The van der Waals surface area contributed by atoms with Crippen LogP contribution in [-0.2, 0) is 20.9 Å². The molecule has 0 heterocycles. The maximum Gasteiger partial charge on any atom is 0.307 e. The van der Waals surface area contributed by atoms with E-state index in [1.807, 2.05) is 0 Å². The first kappa shape index (κ1) is 25.1. The van der Waals surface area contributed by atoms with Gasteiger partial charge in [0.25, 0.3) is 6.43 Å². The Balaban J connectivity index is 1.65. The molecule has 2 aromatic carbocycles. The number of ether oxygens (including phenoxy) is 2. The highest BCUT2D eigenvalue weighted by atomic mass is 19.3. The first-order valence-electron chi connectivity index (χ1n) is 12.2. The molecule has 2 aliphatic carbocycles. The molecule has 2 fully saturated rings. The summed E-state index contributed by atoms with van der Waals surface area (Å²) in [6, 6.07) is 9.95. The van der Waals surface area contributed by atoms with Gasteiger partial charge in [0.1, 0.15) is 5.75 Å². The van der Waals surface area contributed by atoms with Gasteiger partial charge >= 0.3 is 5.97 Å². The van der Waals surface area contributed by atoms with E-state index in [1.54, 1.807) is 37.3 Å². The van der Waals surface area contributed by atoms with Crippen LogP contribution in [0.3, 0.4) is 0 Å². The molecule has 0 radical (unpaired) electrons. The normalized spacial score (nSPS) is 20.0. The molecule has 0 saturated heterocycles. The summed E-state index contributed by atoms with van der Waals surface area (Å²) in [4.78, 5) is 24.6. The fraction of sp³-hybridized carbons (Fsp3) is 0.481. The van der Waals surface area contributed by atoms with E-state index in [1.165, 1.54) is 6.07 Å². The molecule has 8 heteroatoms. The summed E-state index contributed by atoms with van der Waals surface area (Å²) in [6.07, 6.45) is 1.98. The topological polar surface area (TPSA) is 84.9 Å². The third-order valence-electron chi connectivity index (χ3n) is 6.67. The number of carboxylic acids is 1. The van der Waals surface area contributed by atoms with E-state index in [0.29, 0.717) is 35.2 Å². The molecule has 4 rings (SSSR count). The van der Waals surface area contributed by atoms with Crippen LogP contribution in [0.1, 0.15) is 63.0 Å². The summed E-state index contributed by atoms with van der Waals surface area (Å²) in [7, 11) is 0. The monoisotopic (exact) mass is 487 g/mol. The summed E-state index contributed by atoms with van der Waals surface area (Å²) in [6.45, 7) is 2.23. The maximum absolute atomic E-state index is 14.1. The zero-order valence-electron chi connectivity index (χ0n) is 19.8. The van der Waals surface area contributed by atoms with Gasteiger partial charge in [0.2, 0.25) is 5.91 Å². The van der Waals surface area contributed by atoms with Crippen LogP contribution < -0.4 is 10.1 Å². The van der Waals surface area contributed by atoms with Crippen LogP contribution in [0, 0.1) is 11.8 Å². The van der Waals surface area contributed by atoms with Crippen molar-refractivity contribution >= 4 is 17.6 Å². The minimum atomic E-state index is -2.73. The predicted octanol–water partition coefficient (Wildman–Crippen LogP) is 6.20. The minimum absolute atomic E-state index is 0.142. The molecular weight excluding hydrogens is 456 g/mol. The van der Waals surface area contributed by atoms with Gasteiger partial charge < -0.3 is 19.9 Å². The van der Waals surface area contributed by atoms with Crippen molar-refractivity contribution in [2.75, 3.05) is 11.9 Å². The number of halogens is 2. The van der Waals surface area contributed by atoms with Crippen molar-refractivity contribution in [2.45, 2.75) is 64.6 Å². The fourth-order valence-electron chi connectivity index (χ4n) is 4.76.